The van der Waals surface area contributed by atoms with Gasteiger partial charge >= 0.3 is 0 Å². The van der Waals surface area contributed by atoms with E-state index in [2.05, 4.69) is 42.8 Å². The van der Waals surface area contributed by atoms with E-state index in [-0.39, 0.29) is 5.92 Å². The number of aromatic nitrogens is 4. The molecule has 0 radical (unpaired) electrons. The number of hydrogen-bond donors (Lipinski definition) is 1. The molecular formula is C13H19N5. The van der Waals surface area contributed by atoms with Gasteiger partial charge in [0.05, 0.1) is 5.69 Å². The molecule has 0 spiro atoms. The van der Waals surface area contributed by atoms with Gasteiger partial charge in [-0.25, -0.2) is 14.6 Å². The SMILES string of the molecule is CC(C)c1ccn(-c2ncnc(N)c2C(C)C)n1. The van der Waals surface area contributed by atoms with Crippen molar-refractivity contribution >= 4 is 5.82 Å². The average molecular weight is 245 g/mol. The van der Waals surface area contributed by atoms with Crippen LogP contribution in [0.3, 0.4) is 0 Å². The topological polar surface area (TPSA) is 69.6 Å². The molecule has 0 fully saturated rings. The molecule has 2 N–H and O–H groups in total. The minimum absolute atomic E-state index is 0.257. The molecular weight excluding hydrogens is 226 g/mol. The van der Waals surface area contributed by atoms with Gasteiger partial charge in [-0.05, 0) is 17.9 Å². The van der Waals surface area contributed by atoms with Crippen molar-refractivity contribution in [2.24, 2.45) is 0 Å². The zero-order valence-electron chi connectivity index (χ0n) is 11.3. The Balaban J connectivity index is 2.53. The molecule has 5 heteroatoms. The summed E-state index contributed by atoms with van der Waals surface area (Å²) in [6, 6.07) is 2.01. The van der Waals surface area contributed by atoms with Gasteiger partial charge in [0, 0.05) is 11.8 Å². The highest BCUT2D eigenvalue weighted by Crippen LogP contribution is 2.25. The summed E-state index contributed by atoms with van der Waals surface area (Å²) in [6.45, 7) is 8.38. The Bertz CT molecular complexity index is 542. The third-order valence-corrected chi connectivity index (χ3v) is 2.89. The highest BCUT2D eigenvalue weighted by molar-refractivity contribution is 5.50. The molecule has 0 aromatic carbocycles. The molecule has 0 bridgehead atoms. The van der Waals surface area contributed by atoms with Crippen LogP contribution in [0.1, 0.15) is 50.8 Å². The highest BCUT2D eigenvalue weighted by Gasteiger charge is 2.15. The molecule has 96 valence electrons. The molecule has 2 aromatic heterocycles. The predicted molar refractivity (Wildman–Crippen MR) is 71.7 cm³/mol. The van der Waals surface area contributed by atoms with Crippen molar-refractivity contribution in [3.8, 4) is 5.82 Å². The molecule has 0 unspecified atom stereocenters. The van der Waals surface area contributed by atoms with Crippen LogP contribution in [-0.2, 0) is 0 Å². The van der Waals surface area contributed by atoms with Gasteiger partial charge in [-0.1, -0.05) is 27.7 Å². The van der Waals surface area contributed by atoms with Crippen LogP contribution in [0.4, 0.5) is 5.82 Å². The van der Waals surface area contributed by atoms with E-state index in [1.807, 2.05) is 12.3 Å². The van der Waals surface area contributed by atoms with Crippen molar-refractivity contribution in [3.05, 3.63) is 29.8 Å². The summed E-state index contributed by atoms with van der Waals surface area (Å²) in [5.41, 5.74) is 7.92. The van der Waals surface area contributed by atoms with E-state index in [0.29, 0.717) is 11.7 Å². The highest BCUT2D eigenvalue weighted by atomic mass is 15.3. The Labute approximate surface area is 107 Å². The average Bonchev–Trinajstić information content (AvgIpc) is 2.77. The number of nitrogens with zero attached hydrogens (tertiary/aromatic N) is 4. The fourth-order valence-electron chi connectivity index (χ4n) is 1.90. The zero-order chi connectivity index (χ0) is 13.3. The molecule has 2 aromatic rings. The van der Waals surface area contributed by atoms with E-state index in [1.165, 1.54) is 6.33 Å². The van der Waals surface area contributed by atoms with Gasteiger partial charge in [0.2, 0.25) is 0 Å². The van der Waals surface area contributed by atoms with Gasteiger partial charge in [-0.3, -0.25) is 0 Å². The summed E-state index contributed by atoms with van der Waals surface area (Å²) in [7, 11) is 0. The van der Waals surface area contributed by atoms with Crippen molar-refractivity contribution in [1.82, 2.24) is 19.7 Å². The van der Waals surface area contributed by atoms with Crippen molar-refractivity contribution in [2.75, 3.05) is 5.73 Å². The molecule has 2 rings (SSSR count). The summed E-state index contributed by atoms with van der Waals surface area (Å²) >= 11 is 0. The van der Waals surface area contributed by atoms with Gasteiger partial charge in [-0.15, -0.1) is 0 Å². The van der Waals surface area contributed by atoms with Crippen LogP contribution in [0, 0.1) is 0 Å². The van der Waals surface area contributed by atoms with Crippen LogP contribution in [0.25, 0.3) is 5.82 Å². The zero-order valence-corrected chi connectivity index (χ0v) is 11.3. The number of hydrogen-bond acceptors (Lipinski definition) is 4. The second-order valence-corrected chi connectivity index (χ2v) is 4.99. The smallest absolute Gasteiger partial charge is 0.162 e. The molecule has 0 amide bonds. The fourth-order valence-corrected chi connectivity index (χ4v) is 1.90. The fraction of sp³-hybridized carbons (Fsp3) is 0.462. The maximum absolute atomic E-state index is 5.93. The first-order valence-electron chi connectivity index (χ1n) is 6.17. The van der Waals surface area contributed by atoms with Gasteiger partial charge < -0.3 is 5.73 Å². The lowest BCUT2D eigenvalue weighted by Gasteiger charge is -2.13. The van der Waals surface area contributed by atoms with Crippen LogP contribution in [0.15, 0.2) is 18.6 Å². The molecule has 0 atom stereocenters. The Morgan fingerprint density at radius 3 is 2.39 bits per heavy atom. The molecule has 0 aliphatic carbocycles. The minimum atomic E-state index is 0.257. The molecule has 0 saturated carbocycles. The van der Waals surface area contributed by atoms with Crippen molar-refractivity contribution < 1.29 is 0 Å². The number of anilines is 1. The van der Waals surface area contributed by atoms with Crippen LogP contribution in [0.2, 0.25) is 0 Å². The monoisotopic (exact) mass is 245 g/mol. The Hall–Kier alpha value is -1.91. The first-order valence-corrected chi connectivity index (χ1v) is 6.17. The van der Waals surface area contributed by atoms with Crippen LogP contribution in [-0.4, -0.2) is 19.7 Å². The molecule has 0 aliphatic rings. The van der Waals surface area contributed by atoms with Gasteiger partial charge in [0.1, 0.15) is 12.1 Å². The second kappa shape index (κ2) is 4.76. The number of rotatable bonds is 3. The Kier molecular flexibility index (Phi) is 3.32. The van der Waals surface area contributed by atoms with Gasteiger partial charge in [0.25, 0.3) is 0 Å². The molecule has 0 aliphatic heterocycles. The van der Waals surface area contributed by atoms with Crippen molar-refractivity contribution in [1.29, 1.82) is 0 Å². The number of nitrogens with two attached hydrogens (primary N) is 1. The van der Waals surface area contributed by atoms with Crippen LogP contribution >= 0.6 is 0 Å². The first kappa shape index (κ1) is 12.5. The summed E-state index contributed by atoms with van der Waals surface area (Å²) in [5, 5.41) is 4.54. The predicted octanol–water partition coefficient (Wildman–Crippen LogP) is 2.49. The Morgan fingerprint density at radius 1 is 1.11 bits per heavy atom. The molecule has 2 heterocycles. The molecule has 18 heavy (non-hydrogen) atoms. The minimum Gasteiger partial charge on any atom is -0.383 e. The normalized spacial score (nSPS) is 11.4. The van der Waals surface area contributed by atoms with E-state index >= 15 is 0 Å². The number of nitrogen functional groups attached to an aromatic ring is 1. The van der Waals surface area contributed by atoms with Crippen molar-refractivity contribution in [3.63, 3.8) is 0 Å². The van der Waals surface area contributed by atoms with E-state index in [4.69, 9.17) is 5.73 Å². The summed E-state index contributed by atoms with van der Waals surface area (Å²) < 4.78 is 1.78. The summed E-state index contributed by atoms with van der Waals surface area (Å²) in [6.07, 6.45) is 3.40. The van der Waals surface area contributed by atoms with E-state index in [0.717, 1.165) is 17.1 Å². The van der Waals surface area contributed by atoms with E-state index < -0.39 is 0 Å². The van der Waals surface area contributed by atoms with Crippen LogP contribution in [0.5, 0.6) is 0 Å². The standard InChI is InChI=1S/C13H19N5/c1-8(2)10-5-6-18(17-10)13-11(9(3)4)12(14)15-7-16-13/h5-9H,1-4H3,(H2,14,15,16). The lowest BCUT2D eigenvalue weighted by Crippen LogP contribution is -2.10. The summed E-state index contributed by atoms with van der Waals surface area (Å²) in [5.74, 6) is 1.95. The maximum Gasteiger partial charge on any atom is 0.162 e. The van der Waals surface area contributed by atoms with Crippen molar-refractivity contribution in [2.45, 2.75) is 39.5 Å². The maximum atomic E-state index is 5.93. The lowest BCUT2D eigenvalue weighted by atomic mass is 10.1. The van der Waals surface area contributed by atoms with Crippen LogP contribution < -0.4 is 5.73 Å². The van der Waals surface area contributed by atoms with E-state index in [1.54, 1.807) is 4.68 Å². The first-order chi connectivity index (χ1) is 8.50. The van der Waals surface area contributed by atoms with Gasteiger partial charge in [-0.2, -0.15) is 5.10 Å². The molecule has 5 nitrogen and oxygen atoms in total. The molecule has 0 saturated heterocycles. The van der Waals surface area contributed by atoms with E-state index in [9.17, 15) is 0 Å². The largest absolute Gasteiger partial charge is 0.383 e. The lowest BCUT2D eigenvalue weighted by molar-refractivity contribution is 0.735. The third kappa shape index (κ3) is 2.20. The third-order valence-electron chi connectivity index (χ3n) is 2.89. The summed E-state index contributed by atoms with van der Waals surface area (Å²) in [4.78, 5) is 8.37. The quantitative estimate of drug-likeness (QED) is 0.902. The second-order valence-electron chi connectivity index (χ2n) is 4.99. The Morgan fingerprint density at radius 2 is 1.83 bits per heavy atom. The van der Waals surface area contributed by atoms with Gasteiger partial charge in [0.15, 0.2) is 5.82 Å².